The third-order valence-corrected chi connectivity index (χ3v) is 5.19. The minimum absolute atomic E-state index is 0.108. The lowest BCUT2D eigenvalue weighted by molar-refractivity contribution is -0.137. The molecule has 0 saturated carbocycles. The van der Waals surface area contributed by atoms with E-state index in [0.29, 0.717) is 6.61 Å². The van der Waals surface area contributed by atoms with E-state index >= 15 is 0 Å². The molecule has 0 aromatic heterocycles. The minimum atomic E-state index is -0.442. The van der Waals surface area contributed by atoms with Gasteiger partial charge in [-0.2, -0.15) is 0 Å². The molecule has 0 fully saturated rings. The van der Waals surface area contributed by atoms with Crippen LogP contribution in [0, 0.1) is 5.92 Å². The van der Waals surface area contributed by atoms with E-state index in [9.17, 15) is 4.79 Å². The number of esters is 1. The highest BCUT2D eigenvalue weighted by Gasteiger charge is 2.35. The molecular weight excluding hydrogens is 314 g/mol. The summed E-state index contributed by atoms with van der Waals surface area (Å²) in [7, 11) is 0. The van der Waals surface area contributed by atoms with Gasteiger partial charge in [-0.1, -0.05) is 68.8 Å². The molecule has 128 valence electrons. The van der Waals surface area contributed by atoms with Crippen LogP contribution < -0.4 is 0 Å². The fourth-order valence-corrected chi connectivity index (χ4v) is 3.58. The van der Waals surface area contributed by atoms with Crippen LogP contribution in [0.3, 0.4) is 0 Å². The molecule has 0 unspecified atom stereocenters. The molecule has 4 rings (SSSR count). The van der Waals surface area contributed by atoms with E-state index in [1.165, 1.54) is 22.3 Å². The Hall–Kier alpha value is -2.62. The van der Waals surface area contributed by atoms with E-state index in [1.807, 2.05) is 26.0 Å². The lowest BCUT2D eigenvalue weighted by Crippen LogP contribution is -2.22. The van der Waals surface area contributed by atoms with Gasteiger partial charge in [0, 0.05) is 5.92 Å². The maximum atomic E-state index is 12.0. The SMILES string of the molecule is CC[C@H](C)[C@@H]1N=C(OCC2c3ccccc3-c3ccccc32)OC1=O. The number of aliphatic imine (C=N–C) groups is 1. The average Bonchev–Trinajstić information content (AvgIpc) is 3.17. The predicted molar refractivity (Wildman–Crippen MR) is 96.4 cm³/mol. The van der Waals surface area contributed by atoms with Crippen molar-refractivity contribution in [1.29, 1.82) is 0 Å². The zero-order valence-electron chi connectivity index (χ0n) is 14.4. The van der Waals surface area contributed by atoms with Crippen LogP contribution in [-0.4, -0.2) is 24.7 Å². The van der Waals surface area contributed by atoms with Gasteiger partial charge < -0.3 is 9.47 Å². The van der Waals surface area contributed by atoms with Gasteiger partial charge in [0.25, 0.3) is 0 Å². The molecule has 4 nitrogen and oxygen atoms in total. The zero-order chi connectivity index (χ0) is 17.4. The highest BCUT2D eigenvalue weighted by atomic mass is 16.7. The number of hydrogen-bond acceptors (Lipinski definition) is 4. The van der Waals surface area contributed by atoms with Crippen molar-refractivity contribution in [3.63, 3.8) is 0 Å². The van der Waals surface area contributed by atoms with E-state index in [-0.39, 0.29) is 23.9 Å². The van der Waals surface area contributed by atoms with Crippen LogP contribution in [0.15, 0.2) is 53.5 Å². The van der Waals surface area contributed by atoms with Crippen LogP contribution in [0.25, 0.3) is 11.1 Å². The second-order valence-electron chi connectivity index (χ2n) is 6.68. The summed E-state index contributed by atoms with van der Waals surface area (Å²) in [5.41, 5.74) is 4.98. The van der Waals surface area contributed by atoms with Crippen LogP contribution in [0.1, 0.15) is 37.3 Å². The van der Waals surface area contributed by atoms with Gasteiger partial charge in [0.1, 0.15) is 6.61 Å². The van der Waals surface area contributed by atoms with Crippen LogP contribution in [-0.2, 0) is 14.3 Å². The molecule has 1 aliphatic carbocycles. The van der Waals surface area contributed by atoms with Gasteiger partial charge in [-0.05, 0) is 28.2 Å². The summed E-state index contributed by atoms with van der Waals surface area (Å²) < 4.78 is 11.0. The Morgan fingerprint density at radius 3 is 2.28 bits per heavy atom. The highest BCUT2D eigenvalue weighted by Crippen LogP contribution is 2.44. The van der Waals surface area contributed by atoms with Crippen molar-refractivity contribution in [3.05, 3.63) is 59.7 Å². The van der Waals surface area contributed by atoms with Gasteiger partial charge in [-0.15, -0.1) is 0 Å². The molecule has 0 amide bonds. The summed E-state index contributed by atoms with van der Waals surface area (Å²) in [6, 6.07) is 16.3. The molecule has 2 aromatic carbocycles. The molecule has 2 atom stereocenters. The van der Waals surface area contributed by atoms with E-state index in [2.05, 4.69) is 41.4 Å². The molecule has 0 spiro atoms. The number of cyclic esters (lactones) is 1. The fourth-order valence-electron chi connectivity index (χ4n) is 3.58. The van der Waals surface area contributed by atoms with E-state index in [4.69, 9.17) is 9.47 Å². The molecule has 0 N–H and O–H groups in total. The Balaban J connectivity index is 1.55. The van der Waals surface area contributed by atoms with Gasteiger partial charge in [0.05, 0.1) is 0 Å². The first-order valence-corrected chi connectivity index (χ1v) is 8.79. The molecule has 2 aromatic rings. The first-order chi connectivity index (χ1) is 12.2. The standard InChI is InChI=1S/C21H21NO3/c1-3-13(2)19-20(23)25-21(22-19)24-12-18-16-10-6-4-8-14(16)15-9-5-7-11-17(15)18/h4-11,13,18-19H,3,12H2,1-2H3/t13-,19-/m0/s1. The first kappa shape index (κ1) is 15.9. The topological polar surface area (TPSA) is 47.9 Å². The third kappa shape index (κ3) is 2.72. The molecule has 2 aliphatic rings. The Morgan fingerprint density at radius 1 is 1.08 bits per heavy atom. The van der Waals surface area contributed by atoms with Crippen molar-refractivity contribution >= 4 is 12.1 Å². The zero-order valence-corrected chi connectivity index (χ0v) is 14.4. The Labute approximate surface area is 147 Å². The van der Waals surface area contributed by atoms with Crippen molar-refractivity contribution in [1.82, 2.24) is 0 Å². The summed E-state index contributed by atoms with van der Waals surface area (Å²) in [5, 5.41) is 0. The molecule has 1 heterocycles. The summed E-state index contributed by atoms with van der Waals surface area (Å²) in [6.45, 7) is 4.45. The van der Waals surface area contributed by atoms with Crippen molar-refractivity contribution < 1.29 is 14.3 Å². The number of hydrogen-bond donors (Lipinski definition) is 0. The lowest BCUT2D eigenvalue weighted by Gasteiger charge is -2.13. The summed E-state index contributed by atoms with van der Waals surface area (Å²) in [5.74, 6) is -0.0328. The normalized spacial score (nSPS) is 19.8. The molecule has 0 radical (unpaired) electrons. The van der Waals surface area contributed by atoms with Crippen LogP contribution in [0.2, 0.25) is 0 Å². The number of nitrogens with zero attached hydrogens (tertiary/aromatic N) is 1. The minimum Gasteiger partial charge on any atom is -0.449 e. The van der Waals surface area contributed by atoms with Crippen LogP contribution in [0.4, 0.5) is 0 Å². The van der Waals surface area contributed by atoms with E-state index in [0.717, 1.165) is 6.42 Å². The van der Waals surface area contributed by atoms with Crippen molar-refractivity contribution in [2.75, 3.05) is 6.61 Å². The lowest BCUT2D eigenvalue weighted by atomic mass is 9.98. The van der Waals surface area contributed by atoms with E-state index in [1.54, 1.807) is 0 Å². The summed E-state index contributed by atoms with van der Waals surface area (Å²) in [4.78, 5) is 16.3. The summed E-state index contributed by atoms with van der Waals surface area (Å²) in [6.07, 6.45) is 0.983. The van der Waals surface area contributed by atoms with Crippen molar-refractivity contribution in [2.24, 2.45) is 10.9 Å². The second kappa shape index (κ2) is 6.36. The fraction of sp³-hybridized carbons (Fsp3) is 0.333. The number of carbonyl (C=O) groups is 1. The monoisotopic (exact) mass is 335 g/mol. The molecule has 0 saturated heterocycles. The van der Waals surface area contributed by atoms with Gasteiger partial charge in [-0.25, -0.2) is 9.79 Å². The second-order valence-corrected chi connectivity index (χ2v) is 6.68. The number of rotatable bonds is 4. The molecule has 0 bridgehead atoms. The van der Waals surface area contributed by atoms with Gasteiger partial charge >= 0.3 is 12.1 Å². The molecular formula is C21H21NO3. The van der Waals surface area contributed by atoms with Crippen molar-refractivity contribution in [2.45, 2.75) is 32.2 Å². The molecule has 1 aliphatic heterocycles. The predicted octanol–water partition coefficient (Wildman–Crippen LogP) is 4.14. The van der Waals surface area contributed by atoms with Crippen LogP contribution in [0.5, 0.6) is 0 Å². The Bertz CT molecular complexity index is 797. The number of carbonyl (C=O) groups excluding carboxylic acids is 1. The Morgan fingerprint density at radius 2 is 1.68 bits per heavy atom. The third-order valence-electron chi connectivity index (χ3n) is 5.19. The van der Waals surface area contributed by atoms with Crippen LogP contribution >= 0.6 is 0 Å². The number of benzene rings is 2. The summed E-state index contributed by atoms with van der Waals surface area (Å²) >= 11 is 0. The highest BCUT2D eigenvalue weighted by molar-refractivity contribution is 5.93. The van der Waals surface area contributed by atoms with Gasteiger partial charge in [0.2, 0.25) is 0 Å². The molecule has 4 heteroatoms. The smallest absolute Gasteiger partial charge is 0.392 e. The van der Waals surface area contributed by atoms with Crippen molar-refractivity contribution in [3.8, 4) is 11.1 Å². The Kier molecular flexibility index (Phi) is 4.04. The largest absolute Gasteiger partial charge is 0.449 e. The van der Waals surface area contributed by atoms with E-state index < -0.39 is 6.04 Å². The number of fused-ring (bicyclic) bond motifs is 3. The average molecular weight is 335 g/mol. The first-order valence-electron chi connectivity index (χ1n) is 8.79. The maximum absolute atomic E-state index is 12.0. The number of ether oxygens (including phenoxy) is 2. The molecule has 25 heavy (non-hydrogen) atoms. The quantitative estimate of drug-likeness (QED) is 0.789. The van der Waals surface area contributed by atoms with Gasteiger partial charge in [0.15, 0.2) is 6.04 Å². The van der Waals surface area contributed by atoms with Gasteiger partial charge in [-0.3, -0.25) is 0 Å². The maximum Gasteiger partial charge on any atom is 0.392 e.